The van der Waals surface area contributed by atoms with E-state index >= 15 is 0 Å². The molecule has 2 heteroatoms. The van der Waals surface area contributed by atoms with E-state index in [1.807, 2.05) is 30.9 Å². The second-order valence-corrected chi connectivity index (χ2v) is 13.8. The number of hydrogen-bond donors (Lipinski definition) is 0. The summed E-state index contributed by atoms with van der Waals surface area (Å²) in [5, 5.41) is 7.81. The van der Waals surface area contributed by atoms with Gasteiger partial charge >= 0.3 is 0 Å². The molecule has 1 aliphatic carbocycles. The van der Waals surface area contributed by atoms with Crippen LogP contribution in [0.3, 0.4) is 0 Å². The van der Waals surface area contributed by atoms with E-state index < -0.39 is 0 Å². The van der Waals surface area contributed by atoms with Gasteiger partial charge in [0.2, 0.25) is 0 Å². The second-order valence-electron chi connectivity index (χ2n) is 13.8. The minimum Gasteiger partial charge on any atom is -0.265 e. The largest absolute Gasteiger partial charge is 0.265 e. The van der Waals surface area contributed by atoms with Crippen LogP contribution in [0.1, 0.15) is 25.0 Å². The highest BCUT2D eigenvalue weighted by Crippen LogP contribution is 2.51. The maximum atomic E-state index is 4.30. The van der Waals surface area contributed by atoms with Gasteiger partial charge in [0.1, 0.15) is 0 Å². The van der Waals surface area contributed by atoms with Crippen molar-refractivity contribution in [1.29, 1.82) is 0 Å². The van der Waals surface area contributed by atoms with Crippen LogP contribution in [-0.2, 0) is 5.41 Å². The summed E-state index contributed by atoms with van der Waals surface area (Å²) in [6.45, 7) is 4.74. The van der Waals surface area contributed by atoms with Crippen LogP contribution < -0.4 is 0 Å². The van der Waals surface area contributed by atoms with E-state index in [0.29, 0.717) is 0 Å². The van der Waals surface area contributed by atoms with Crippen molar-refractivity contribution < 1.29 is 0 Å². The van der Waals surface area contributed by atoms with Crippen molar-refractivity contribution in [2.45, 2.75) is 19.3 Å². The summed E-state index contributed by atoms with van der Waals surface area (Å²) < 4.78 is 0. The molecular formula is C47H32N2. The van der Waals surface area contributed by atoms with Gasteiger partial charge in [0.25, 0.3) is 0 Å². The molecular weight excluding hydrogens is 593 g/mol. The first-order chi connectivity index (χ1) is 24.0. The topological polar surface area (TPSA) is 25.8 Å². The van der Waals surface area contributed by atoms with E-state index in [9.17, 15) is 0 Å². The van der Waals surface area contributed by atoms with E-state index in [1.165, 1.54) is 93.5 Å². The van der Waals surface area contributed by atoms with E-state index in [4.69, 9.17) is 0 Å². The highest BCUT2D eigenvalue weighted by Gasteiger charge is 2.36. The quantitative estimate of drug-likeness (QED) is 0.182. The molecule has 0 bridgehead atoms. The zero-order valence-electron chi connectivity index (χ0n) is 27.4. The predicted octanol–water partition coefficient (Wildman–Crippen LogP) is 12.3. The Morgan fingerprint density at radius 3 is 1.53 bits per heavy atom. The molecule has 0 unspecified atom stereocenters. The molecule has 0 radical (unpaired) electrons. The Hall–Kier alpha value is -6.12. The summed E-state index contributed by atoms with van der Waals surface area (Å²) in [6.07, 6.45) is 7.47. The third kappa shape index (κ3) is 4.20. The van der Waals surface area contributed by atoms with Gasteiger partial charge in [-0.3, -0.25) is 9.97 Å². The van der Waals surface area contributed by atoms with Crippen molar-refractivity contribution in [2.75, 3.05) is 0 Å². The molecule has 0 saturated carbocycles. The first-order valence-electron chi connectivity index (χ1n) is 17.0. The first-order valence-corrected chi connectivity index (χ1v) is 17.0. The fraction of sp³-hybridized carbons (Fsp3) is 0.0638. The molecule has 2 aromatic heterocycles. The van der Waals surface area contributed by atoms with Crippen LogP contribution in [0.15, 0.2) is 158 Å². The van der Waals surface area contributed by atoms with Crippen molar-refractivity contribution in [3.8, 4) is 55.6 Å². The van der Waals surface area contributed by atoms with Gasteiger partial charge < -0.3 is 0 Å². The Kier molecular flexibility index (Phi) is 5.95. The normalized spacial score (nSPS) is 13.3. The number of nitrogens with zero attached hydrogens (tertiary/aromatic N) is 2. The molecule has 230 valence electrons. The molecule has 0 saturated heterocycles. The van der Waals surface area contributed by atoms with Crippen LogP contribution in [-0.4, -0.2) is 9.97 Å². The number of aromatic nitrogens is 2. The van der Waals surface area contributed by atoms with Gasteiger partial charge in [-0.1, -0.05) is 117 Å². The molecule has 7 aromatic carbocycles. The van der Waals surface area contributed by atoms with Crippen LogP contribution >= 0.6 is 0 Å². The highest BCUT2D eigenvalue weighted by molar-refractivity contribution is 6.27. The van der Waals surface area contributed by atoms with Crippen molar-refractivity contribution in [1.82, 2.24) is 9.97 Å². The maximum Gasteiger partial charge on any atom is 0.0346 e. The summed E-state index contributed by atoms with van der Waals surface area (Å²) in [5.41, 5.74) is 15.1. The van der Waals surface area contributed by atoms with Crippen LogP contribution in [0, 0.1) is 0 Å². The molecule has 2 nitrogen and oxygen atoms in total. The number of rotatable bonds is 4. The van der Waals surface area contributed by atoms with Gasteiger partial charge in [-0.25, -0.2) is 0 Å². The number of hydrogen-bond acceptors (Lipinski definition) is 2. The summed E-state index contributed by atoms with van der Waals surface area (Å²) in [4.78, 5) is 8.52. The number of benzene rings is 7. The fourth-order valence-electron chi connectivity index (χ4n) is 8.31. The van der Waals surface area contributed by atoms with E-state index in [2.05, 4.69) is 151 Å². The molecule has 10 rings (SSSR count). The lowest BCUT2D eigenvalue weighted by Crippen LogP contribution is -2.15. The molecule has 1 aliphatic rings. The zero-order valence-corrected chi connectivity index (χ0v) is 27.4. The second kappa shape index (κ2) is 10.4. The average molecular weight is 625 g/mol. The third-order valence-electron chi connectivity index (χ3n) is 10.9. The molecule has 0 N–H and O–H groups in total. The van der Waals surface area contributed by atoms with Crippen molar-refractivity contribution in [3.05, 3.63) is 169 Å². The SMILES string of the molecule is CC1(C)c2cc(-c3ccncc3)ccc2-c2ccc(-c3ccc4ccc5c(-c6ccc(-c7cccnc7)cc6)ccc6ccc3c4c65)cc21. The zero-order chi connectivity index (χ0) is 32.7. The molecule has 0 spiro atoms. The Bertz CT molecular complexity index is 2710. The van der Waals surface area contributed by atoms with Crippen LogP contribution in [0.4, 0.5) is 0 Å². The lowest BCUT2D eigenvalue weighted by atomic mass is 9.80. The van der Waals surface area contributed by atoms with Gasteiger partial charge in [-0.05, 0) is 129 Å². The number of fused-ring (bicyclic) bond motifs is 3. The summed E-state index contributed by atoms with van der Waals surface area (Å²) in [5.74, 6) is 0. The first kappa shape index (κ1) is 27.9. The Morgan fingerprint density at radius 1 is 0.388 bits per heavy atom. The smallest absolute Gasteiger partial charge is 0.0346 e. The molecule has 49 heavy (non-hydrogen) atoms. The monoisotopic (exact) mass is 624 g/mol. The summed E-state index contributed by atoms with van der Waals surface area (Å²) in [6, 6.07) is 49.6. The molecule has 9 aromatic rings. The minimum atomic E-state index is -0.116. The Labute approximate surface area is 285 Å². The lowest BCUT2D eigenvalue weighted by Gasteiger charge is -2.23. The van der Waals surface area contributed by atoms with Gasteiger partial charge in [-0.2, -0.15) is 0 Å². The van der Waals surface area contributed by atoms with Crippen molar-refractivity contribution in [2.24, 2.45) is 0 Å². The maximum absolute atomic E-state index is 4.30. The summed E-state index contributed by atoms with van der Waals surface area (Å²) in [7, 11) is 0. The Morgan fingerprint density at radius 2 is 0.898 bits per heavy atom. The summed E-state index contributed by atoms with van der Waals surface area (Å²) >= 11 is 0. The van der Waals surface area contributed by atoms with E-state index in [1.54, 1.807) is 0 Å². The third-order valence-corrected chi connectivity index (χ3v) is 10.9. The Balaban J connectivity index is 1.10. The highest BCUT2D eigenvalue weighted by atomic mass is 14.6. The minimum absolute atomic E-state index is 0.116. The molecule has 0 amide bonds. The predicted molar refractivity (Wildman–Crippen MR) is 205 cm³/mol. The van der Waals surface area contributed by atoms with Gasteiger partial charge in [0.15, 0.2) is 0 Å². The molecule has 2 heterocycles. The number of pyridine rings is 2. The van der Waals surface area contributed by atoms with Crippen molar-refractivity contribution in [3.63, 3.8) is 0 Å². The van der Waals surface area contributed by atoms with Crippen LogP contribution in [0.25, 0.3) is 88.0 Å². The lowest BCUT2D eigenvalue weighted by molar-refractivity contribution is 0.661. The molecule has 0 aliphatic heterocycles. The van der Waals surface area contributed by atoms with E-state index in [-0.39, 0.29) is 5.41 Å². The molecule has 0 atom stereocenters. The van der Waals surface area contributed by atoms with Crippen molar-refractivity contribution >= 4 is 32.3 Å². The fourth-order valence-corrected chi connectivity index (χ4v) is 8.31. The van der Waals surface area contributed by atoms with Crippen LogP contribution in [0.2, 0.25) is 0 Å². The average Bonchev–Trinajstić information content (AvgIpc) is 3.39. The van der Waals surface area contributed by atoms with Gasteiger partial charge in [0, 0.05) is 30.2 Å². The van der Waals surface area contributed by atoms with Gasteiger partial charge in [0.05, 0.1) is 0 Å². The van der Waals surface area contributed by atoms with Gasteiger partial charge in [-0.15, -0.1) is 0 Å². The van der Waals surface area contributed by atoms with E-state index in [0.717, 1.165) is 5.56 Å². The molecule has 0 fully saturated rings. The van der Waals surface area contributed by atoms with Crippen LogP contribution in [0.5, 0.6) is 0 Å². The standard InChI is InChI=1S/C47H32N2/c1-47(2)43-26-34(30-21-24-48-25-22-30)13-17-39(43)40-18-14-35(27-44(40)47)38-16-10-33-11-19-41-37(15-9-32-12-20-42(38)46(33)45(32)41)31-7-5-29(6-8-31)36-4-3-23-49-28-36/h3-28H,1-2H3.